The molecule has 1 fully saturated rings. The van der Waals surface area contributed by atoms with E-state index in [2.05, 4.69) is 31.3 Å². The number of ether oxygens (including phenoxy) is 2. The number of carbonyl (C=O) groups is 1. The van der Waals surface area contributed by atoms with Gasteiger partial charge in [0.15, 0.2) is 6.29 Å². The summed E-state index contributed by atoms with van der Waals surface area (Å²) in [6.45, 7) is 3.81. The molecule has 1 rings (SSSR count). The Morgan fingerprint density at radius 1 is 0.508 bits per heavy atom. The summed E-state index contributed by atoms with van der Waals surface area (Å²) in [7, 11) is 0. The summed E-state index contributed by atoms with van der Waals surface area (Å²) in [5.74, 6) is -0.177. The monoisotopic (exact) mass is 922 g/mol. The lowest BCUT2D eigenvalue weighted by atomic mass is 9.99. The van der Waals surface area contributed by atoms with Crippen molar-refractivity contribution in [1.82, 2.24) is 5.32 Å². The van der Waals surface area contributed by atoms with Gasteiger partial charge in [-0.3, -0.25) is 4.79 Å². The van der Waals surface area contributed by atoms with E-state index >= 15 is 0 Å². The molecule has 0 bridgehead atoms. The van der Waals surface area contributed by atoms with Crippen LogP contribution in [0.1, 0.15) is 271 Å². The second kappa shape index (κ2) is 46.4. The first-order chi connectivity index (χ1) is 31.8. The van der Waals surface area contributed by atoms with E-state index in [-0.39, 0.29) is 12.5 Å². The molecule has 1 amide bonds. The molecule has 0 saturated carbocycles. The lowest BCUT2D eigenvalue weighted by Crippen LogP contribution is -2.60. The Kier molecular flexibility index (Phi) is 44.0. The molecule has 0 aromatic carbocycles. The highest BCUT2D eigenvalue weighted by atomic mass is 16.7. The molecule has 9 heteroatoms. The summed E-state index contributed by atoms with van der Waals surface area (Å²) in [4.78, 5) is 13.0. The van der Waals surface area contributed by atoms with Crippen molar-refractivity contribution in [2.24, 2.45) is 0 Å². The lowest BCUT2D eigenvalue weighted by molar-refractivity contribution is -0.302. The normalized spacial score (nSPS) is 20.0. The van der Waals surface area contributed by atoms with Crippen LogP contribution in [-0.2, 0) is 14.3 Å². The van der Waals surface area contributed by atoms with Gasteiger partial charge >= 0.3 is 0 Å². The summed E-state index contributed by atoms with van der Waals surface area (Å²) >= 11 is 0. The van der Waals surface area contributed by atoms with Crippen LogP contribution in [-0.4, -0.2) is 87.5 Å². The molecule has 7 atom stereocenters. The number of rotatable bonds is 48. The number of amides is 1. The Balaban J connectivity index is 2.25. The predicted molar refractivity (Wildman–Crippen MR) is 272 cm³/mol. The van der Waals surface area contributed by atoms with Gasteiger partial charge in [-0.15, -0.1) is 0 Å². The van der Waals surface area contributed by atoms with Gasteiger partial charge in [-0.1, -0.05) is 244 Å². The van der Waals surface area contributed by atoms with Crippen molar-refractivity contribution in [2.45, 2.75) is 314 Å². The van der Waals surface area contributed by atoms with Crippen molar-refractivity contribution >= 4 is 5.91 Å². The second-order valence-corrected chi connectivity index (χ2v) is 19.7. The van der Waals surface area contributed by atoms with Crippen molar-refractivity contribution in [3.05, 3.63) is 24.3 Å². The van der Waals surface area contributed by atoms with Gasteiger partial charge in [-0.25, -0.2) is 0 Å². The van der Waals surface area contributed by atoms with Crippen LogP contribution in [0.4, 0.5) is 0 Å². The number of aliphatic hydroxyl groups is 5. The first kappa shape index (κ1) is 61.7. The average molecular weight is 922 g/mol. The van der Waals surface area contributed by atoms with Gasteiger partial charge in [-0.2, -0.15) is 0 Å². The van der Waals surface area contributed by atoms with Gasteiger partial charge in [0.05, 0.1) is 25.4 Å². The van der Waals surface area contributed by atoms with Crippen LogP contribution < -0.4 is 5.32 Å². The highest BCUT2D eigenvalue weighted by molar-refractivity contribution is 5.76. The van der Waals surface area contributed by atoms with E-state index in [1.165, 1.54) is 212 Å². The third-order valence-electron chi connectivity index (χ3n) is 13.5. The van der Waals surface area contributed by atoms with Crippen molar-refractivity contribution in [3.8, 4) is 0 Å². The van der Waals surface area contributed by atoms with Crippen molar-refractivity contribution in [2.75, 3.05) is 13.2 Å². The smallest absolute Gasteiger partial charge is 0.220 e. The minimum absolute atomic E-state index is 0.177. The zero-order valence-corrected chi connectivity index (χ0v) is 42.5. The number of nitrogens with one attached hydrogen (secondary N) is 1. The Morgan fingerprint density at radius 2 is 0.862 bits per heavy atom. The molecule has 1 heterocycles. The van der Waals surface area contributed by atoms with Crippen LogP contribution in [0.25, 0.3) is 0 Å². The van der Waals surface area contributed by atoms with Crippen LogP contribution in [0.2, 0.25) is 0 Å². The van der Waals surface area contributed by atoms with Gasteiger partial charge < -0.3 is 40.3 Å². The summed E-state index contributed by atoms with van der Waals surface area (Å²) in [6, 6.07) is -0.805. The number of allylic oxidation sites excluding steroid dienone is 3. The van der Waals surface area contributed by atoms with Crippen LogP contribution in [0.5, 0.6) is 0 Å². The third-order valence-corrected chi connectivity index (χ3v) is 13.5. The van der Waals surface area contributed by atoms with E-state index in [9.17, 15) is 30.3 Å². The molecule has 65 heavy (non-hydrogen) atoms. The maximum atomic E-state index is 13.0. The lowest BCUT2D eigenvalue weighted by Gasteiger charge is -2.40. The van der Waals surface area contributed by atoms with Crippen LogP contribution >= 0.6 is 0 Å². The molecule has 0 aromatic rings. The second-order valence-electron chi connectivity index (χ2n) is 19.7. The molecule has 0 spiro atoms. The number of hydrogen-bond donors (Lipinski definition) is 6. The fraction of sp³-hybridized carbons (Fsp3) is 0.911. The minimum atomic E-state index is -1.57. The molecule has 1 saturated heterocycles. The van der Waals surface area contributed by atoms with E-state index in [0.29, 0.717) is 6.42 Å². The molecule has 384 valence electrons. The zero-order chi connectivity index (χ0) is 47.3. The Morgan fingerprint density at radius 3 is 1.25 bits per heavy atom. The van der Waals surface area contributed by atoms with Gasteiger partial charge in [0.25, 0.3) is 0 Å². The van der Waals surface area contributed by atoms with E-state index < -0.39 is 49.5 Å². The maximum Gasteiger partial charge on any atom is 0.220 e. The largest absolute Gasteiger partial charge is 0.394 e. The number of aliphatic hydroxyl groups excluding tert-OH is 5. The molecule has 7 unspecified atom stereocenters. The predicted octanol–water partition coefficient (Wildman–Crippen LogP) is 13.4. The summed E-state index contributed by atoms with van der Waals surface area (Å²) in [6.07, 6.45) is 50.9. The first-order valence-corrected chi connectivity index (χ1v) is 28.1. The Hall–Kier alpha value is -1.33. The van der Waals surface area contributed by atoms with E-state index in [1.807, 2.05) is 6.08 Å². The third kappa shape index (κ3) is 36.3. The summed E-state index contributed by atoms with van der Waals surface area (Å²) in [5, 5.41) is 54.5. The average Bonchev–Trinajstić information content (AvgIpc) is 3.31. The van der Waals surface area contributed by atoms with Crippen molar-refractivity contribution in [1.29, 1.82) is 0 Å². The fourth-order valence-corrected chi connectivity index (χ4v) is 9.04. The van der Waals surface area contributed by atoms with Gasteiger partial charge in [0, 0.05) is 6.42 Å². The number of carbonyl (C=O) groups excluding carboxylic acids is 1. The molecular weight excluding hydrogens is 815 g/mol. The molecule has 0 radical (unpaired) electrons. The van der Waals surface area contributed by atoms with E-state index in [4.69, 9.17) is 9.47 Å². The molecule has 0 aromatic heterocycles. The van der Waals surface area contributed by atoms with Crippen LogP contribution in [0.3, 0.4) is 0 Å². The molecule has 9 nitrogen and oxygen atoms in total. The van der Waals surface area contributed by atoms with Gasteiger partial charge in [0.1, 0.15) is 24.4 Å². The zero-order valence-electron chi connectivity index (χ0n) is 42.5. The standard InChI is InChI=1S/C56H107NO8/c1-3-5-7-9-11-13-15-17-19-21-23-24-25-26-28-30-32-34-36-38-40-42-44-46-52(60)57-49(48-64-56-55(63)54(62)53(61)51(47-58)65-56)50(59)45-43-41-39-37-35-33-31-29-27-22-20-18-16-14-12-10-8-6-4-2/h26,28,43,45,49-51,53-56,58-59,61-63H,3-25,27,29-42,44,46-48H2,1-2H3,(H,57,60)/b28-26-,45-43+. The molecule has 1 aliphatic rings. The SMILES string of the molecule is CCCCCCCCCCCCCC/C=C\CCCCCCCCCC(=O)NC(COC1OC(CO)C(O)C(O)C1O)C(O)/C=C/CCCCCCCCCCCCCCCCCCC. The van der Waals surface area contributed by atoms with E-state index in [1.54, 1.807) is 6.08 Å². The van der Waals surface area contributed by atoms with Gasteiger partial charge in [-0.05, 0) is 44.9 Å². The Labute approximate surface area is 400 Å². The van der Waals surface area contributed by atoms with E-state index in [0.717, 1.165) is 38.5 Å². The number of hydrogen-bond acceptors (Lipinski definition) is 8. The topological polar surface area (TPSA) is 149 Å². The maximum absolute atomic E-state index is 13.0. The summed E-state index contributed by atoms with van der Waals surface area (Å²) in [5.41, 5.74) is 0. The van der Waals surface area contributed by atoms with Crippen LogP contribution in [0.15, 0.2) is 24.3 Å². The highest BCUT2D eigenvalue weighted by Gasteiger charge is 2.44. The fourth-order valence-electron chi connectivity index (χ4n) is 9.04. The minimum Gasteiger partial charge on any atom is -0.394 e. The molecule has 6 N–H and O–H groups in total. The van der Waals surface area contributed by atoms with Crippen molar-refractivity contribution < 1.29 is 39.8 Å². The molecule has 0 aliphatic carbocycles. The Bertz CT molecular complexity index is 1070. The van der Waals surface area contributed by atoms with Gasteiger partial charge in [0.2, 0.25) is 5.91 Å². The first-order valence-electron chi connectivity index (χ1n) is 28.1. The number of unbranched alkanes of at least 4 members (excludes halogenated alkanes) is 36. The van der Waals surface area contributed by atoms with Crippen LogP contribution in [0, 0.1) is 0 Å². The quantitative estimate of drug-likeness (QED) is 0.0261. The molecular formula is C56H107NO8. The highest BCUT2D eigenvalue weighted by Crippen LogP contribution is 2.23. The van der Waals surface area contributed by atoms with Crippen molar-refractivity contribution in [3.63, 3.8) is 0 Å². The molecule has 1 aliphatic heterocycles. The summed E-state index contributed by atoms with van der Waals surface area (Å²) < 4.78 is 11.3.